The minimum absolute atomic E-state index is 0.368. The molecule has 0 amide bonds. The van der Waals surface area contributed by atoms with Crippen LogP contribution < -0.4 is 14.2 Å². The van der Waals surface area contributed by atoms with Crippen LogP contribution in [0, 0.1) is 6.92 Å². The highest BCUT2D eigenvalue weighted by Gasteiger charge is 2.18. The third-order valence-electron chi connectivity index (χ3n) is 4.36. The molecule has 1 aromatic heterocycles. The molecular formula is C21H22N2O4. The van der Waals surface area contributed by atoms with E-state index in [1.165, 1.54) is 5.56 Å². The molecule has 0 saturated carbocycles. The first-order valence-electron chi connectivity index (χ1n) is 8.39. The van der Waals surface area contributed by atoms with E-state index in [4.69, 9.17) is 14.2 Å². The molecule has 2 aromatic carbocycles. The van der Waals surface area contributed by atoms with E-state index in [2.05, 4.69) is 34.4 Å². The SMILES string of the molecule is COc1cc(C(=NO)c2cc(-c3ccc(C)cc3)c[nH]2)cc(OC)c1OC. The number of aromatic amines is 1. The molecule has 3 rings (SSSR count). The van der Waals surface area contributed by atoms with Gasteiger partial charge in [-0.3, -0.25) is 0 Å². The van der Waals surface area contributed by atoms with Crippen molar-refractivity contribution in [3.63, 3.8) is 0 Å². The maximum absolute atomic E-state index is 9.66. The zero-order valence-electron chi connectivity index (χ0n) is 15.7. The molecule has 0 aliphatic rings. The summed E-state index contributed by atoms with van der Waals surface area (Å²) < 4.78 is 16.1. The molecule has 2 N–H and O–H groups in total. The molecule has 6 heteroatoms. The quantitative estimate of drug-likeness (QED) is 0.389. The van der Waals surface area contributed by atoms with Crippen LogP contribution in [0.3, 0.4) is 0 Å². The molecule has 0 aliphatic carbocycles. The van der Waals surface area contributed by atoms with E-state index in [1.807, 2.05) is 19.2 Å². The summed E-state index contributed by atoms with van der Waals surface area (Å²) in [6, 6.07) is 13.6. The Hall–Kier alpha value is -3.41. The van der Waals surface area contributed by atoms with Crippen molar-refractivity contribution in [3.8, 4) is 28.4 Å². The van der Waals surface area contributed by atoms with Gasteiger partial charge in [0.25, 0.3) is 0 Å². The number of benzene rings is 2. The zero-order valence-corrected chi connectivity index (χ0v) is 15.7. The summed E-state index contributed by atoms with van der Waals surface area (Å²) in [5, 5.41) is 13.1. The largest absolute Gasteiger partial charge is 0.493 e. The van der Waals surface area contributed by atoms with Gasteiger partial charge in [0, 0.05) is 11.8 Å². The van der Waals surface area contributed by atoms with Crippen molar-refractivity contribution in [2.24, 2.45) is 5.16 Å². The molecule has 27 heavy (non-hydrogen) atoms. The van der Waals surface area contributed by atoms with Crippen molar-refractivity contribution in [2.75, 3.05) is 21.3 Å². The van der Waals surface area contributed by atoms with Gasteiger partial charge in [-0.05, 0) is 36.2 Å². The summed E-state index contributed by atoms with van der Waals surface area (Å²) in [5.74, 6) is 1.45. The van der Waals surface area contributed by atoms with Crippen molar-refractivity contribution in [2.45, 2.75) is 6.92 Å². The van der Waals surface area contributed by atoms with Crippen molar-refractivity contribution in [1.29, 1.82) is 0 Å². The standard InChI is InChI=1S/C21H22N2O4/c1-13-5-7-14(8-6-13)16-9-17(22-12-16)20(23-24)15-10-18(25-2)21(27-4)19(11-15)26-3/h5-12,22,24H,1-4H3. The first-order chi connectivity index (χ1) is 13.1. The van der Waals surface area contributed by atoms with E-state index < -0.39 is 0 Å². The van der Waals surface area contributed by atoms with Crippen molar-refractivity contribution in [3.05, 3.63) is 65.5 Å². The highest BCUT2D eigenvalue weighted by atomic mass is 16.5. The van der Waals surface area contributed by atoms with Gasteiger partial charge in [0.2, 0.25) is 5.75 Å². The van der Waals surface area contributed by atoms with Gasteiger partial charge in [-0.2, -0.15) is 0 Å². The number of aromatic nitrogens is 1. The van der Waals surface area contributed by atoms with Gasteiger partial charge in [0.05, 0.1) is 27.0 Å². The molecule has 0 bridgehead atoms. The Labute approximate surface area is 158 Å². The van der Waals surface area contributed by atoms with E-state index in [-0.39, 0.29) is 0 Å². The lowest BCUT2D eigenvalue weighted by atomic mass is 10.0. The smallest absolute Gasteiger partial charge is 0.203 e. The Bertz CT molecular complexity index is 934. The summed E-state index contributed by atoms with van der Waals surface area (Å²) in [7, 11) is 4.63. The fraction of sp³-hybridized carbons (Fsp3) is 0.190. The van der Waals surface area contributed by atoms with Gasteiger partial charge in [0.15, 0.2) is 11.5 Å². The number of rotatable bonds is 6. The van der Waals surface area contributed by atoms with Gasteiger partial charge in [-0.25, -0.2) is 0 Å². The first kappa shape index (κ1) is 18.4. The van der Waals surface area contributed by atoms with Crippen LogP contribution in [0.1, 0.15) is 16.8 Å². The van der Waals surface area contributed by atoms with Gasteiger partial charge >= 0.3 is 0 Å². The average Bonchev–Trinajstić information content (AvgIpc) is 3.18. The predicted molar refractivity (Wildman–Crippen MR) is 104 cm³/mol. The van der Waals surface area contributed by atoms with Crippen molar-refractivity contribution >= 4 is 5.71 Å². The van der Waals surface area contributed by atoms with Crippen molar-refractivity contribution in [1.82, 2.24) is 4.98 Å². The minimum Gasteiger partial charge on any atom is -0.493 e. The molecule has 0 fully saturated rings. The minimum atomic E-state index is 0.368. The number of hydrogen-bond donors (Lipinski definition) is 2. The first-order valence-corrected chi connectivity index (χ1v) is 8.39. The van der Waals surface area contributed by atoms with Crippen LogP contribution in [0.4, 0.5) is 0 Å². The molecular weight excluding hydrogens is 344 g/mol. The maximum atomic E-state index is 9.66. The van der Waals surface area contributed by atoms with E-state index in [0.29, 0.717) is 34.2 Å². The van der Waals surface area contributed by atoms with Crippen LogP contribution in [0.25, 0.3) is 11.1 Å². The predicted octanol–water partition coefficient (Wildman–Crippen LogP) is 4.24. The van der Waals surface area contributed by atoms with E-state index >= 15 is 0 Å². The number of methoxy groups -OCH3 is 3. The van der Waals surface area contributed by atoms with Crippen LogP contribution in [0.2, 0.25) is 0 Å². The van der Waals surface area contributed by atoms with Crippen LogP contribution in [-0.2, 0) is 0 Å². The monoisotopic (exact) mass is 366 g/mol. The Morgan fingerprint density at radius 1 is 0.889 bits per heavy atom. The van der Waals surface area contributed by atoms with E-state index in [1.54, 1.807) is 33.5 Å². The van der Waals surface area contributed by atoms with Gasteiger partial charge < -0.3 is 24.4 Å². The molecule has 0 aliphatic heterocycles. The second-order valence-electron chi connectivity index (χ2n) is 6.03. The number of H-pyrrole nitrogens is 1. The Morgan fingerprint density at radius 2 is 1.52 bits per heavy atom. The van der Waals surface area contributed by atoms with Gasteiger partial charge in [-0.15, -0.1) is 0 Å². The third-order valence-corrected chi connectivity index (χ3v) is 4.36. The summed E-state index contributed by atoms with van der Waals surface area (Å²) in [6.07, 6.45) is 1.88. The molecule has 0 radical (unpaired) electrons. The zero-order chi connectivity index (χ0) is 19.4. The molecule has 0 atom stereocenters. The number of oxime groups is 1. The molecule has 140 valence electrons. The number of nitrogens with one attached hydrogen (secondary N) is 1. The summed E-state index contributed by atoms with van der Waals surface area (Å²) in [6.45, 7) is 2.05. The Morgan fingerprint density at radius 3 is 2.04 bits per heavy atom. The van der Waals surface area contributed by atoms with Crippen LogP contribution >= 0.6 is 0 Å². The second kappa shape index (κ2) is 7.86. The lowest BCUT2D eigenvalue weighted by Gasteiger charge is -2.14. The second-order valence-corrected chi connectivity index (χ2v) is 6.03. The highest BCUT2D eigenvalue weighted by Crippen LogP contribution is 2.39. The summed E-state index contributed by atoms with van der Waals surface area (Å²) in [4.78, 5) is 3.17. The van der Waals surface area contributed by atoms with E-state index in [9.17, 15) is 5.21 Å². The fourth-order valence-electron chi connectivity index (χ4n) is 2.93. The Balaban J connectivity index is 2.02. The van der Waals surface area contributed by atoms with Crippen LogP contribution in [0.5, 0.6) is 17.2 Å². The Kier molecular flexibility index (Phi) is 5.35. The molecule has 6 nitrogen and oxygen atoms in total. The fourth-order valence-corrected chi connectivity index (χ4v) is 2.93. The normalized spacial score (nSPS) is 11.3. The average molecular weight is 366 g/mol. The maximum Gasteiger partial charge on any atom is 0.203 e. The molecule has 0 unspecified atom stereocenters. The van der Waals surface area contributed by atoms with E-state index in [0.717, 1.165) is 11.1 Å². The number of nitrogens with zero attached hydrogens (tertiary/aromatic N) is 1. The number of hydrogen-bond acceptors (Lipinski definition) is 5. The summed E-state index contributed by atoms with van der Waals surface area (Å²) >= 11 is 0. The molecule has 0 spiro atoms. The molecule has 0 saturated heterocycles. The summed E-state index contributed by atoms with van der Waals surface area (Å²) in [5.41, 5.74) is 4.94. The highest BCUT2D eigenvalue weighted by molar-refractivity contribution is 6.12. The lowest BCUT2D eigenvalue weighted by Crippen LogP contribution is -2.06. The van der Waals surface area contributed by atoms with Crippen LogP contribution in [0.15, 0.2) is 53.8 Å². The third kappa shape index (κ3) is 3.60. The van der Waals surface area contributed by atoms with Gasteiger partial charge in [-0.1, -0.05) is 35.0 Å². The molecule has 1 heterocycles. The molecule has 3 aromatic rings. The van der Waals surface area contributed by atoms with Crippen molar-refractivity contribution < 1.29 is 19.4 Å². The van der Waals surface area contributed by atoms with Gasteiger partial charge in [0.1, 0.15) is 5.71 Å². The topological polar surface area (TPSA) is 76.1 Å². The number of ether oxygens (including phenoxy) is 3. The lowest BCUT2D eigenvalue weighted by molar-refractivity contribution is 0.318. The number of aryl methyl sites for hydroxylation is 1. The van der Waals surface area contributed by atoms with Crippen LogP contribution in [-0.4, -0.2) is 37.2 Å².